The zero-order chi connectivity index (χ0) is 11.5. The molecule has 0 aromatic carbocycles. The predicted octanol–water partition coefficient (Wildman–Crippen LogP) is 3.49. The van der Waals surface area contributed by atoms with E-state index in [-0.39, 0.29) is 0 Å². The summed E-state index contributed by atoms with van der Waals surface area (Å²) >= 11 is 0. The first kappa shape index (κ1) is 14.9. The molecule has 15 heavy (non-hydrogen) atoms. The lowest BCUT2D eigenvalue weighted by molar-refractivity contribution is -0.00170. The van der Waals surface area contributed by atoms with E-state index in [1.807, 2.05) is 0 Å². The second kappa shape index (κ2) is 10.4. The Morgan fingerprint density at radius 1 is 0.933 bits per heavy atom. The Labute approximate surface area is 95.6 Å². The van der Waals surface area contributed by atoms with Gasteiger partial charge >= 0.3 is 0 Å². The Kier molecular flexibility index (Phi) is 10.4. The van der Waals surface area contributed by atoms with Crippen LogP contribution in [0.15, 0.2) is 0 Å². The summed E-state index contributed by atoms with van der Waals surface area (Å²) in [6.45, 7) is 7.36. The van der Waals surface area contributed by atoms with Crippen molar-refractivity contribution >= 4 is 0 Å². The van der Waals surface area contributed by atoms with Gasteiger partial charge in [-0.05, 0) is 39.7 Å². The molecule has 0 aliphatic rings. The number of hydrogen-bond donors (Lipinski definition) is 1. The van der Waals surface area contributed by atoms with Crippen LogP contribution in [0.4, 0.5) is 0 Å². The first-order valence-corrected chi connectivity index (χ1v) is 6.56. The normalized spacial score (nSPS) is 15.2. The van der Waals surface area contributed by atoms with Gasteiger partial charge in [0.15, 0.2) is 0 Å². The molecule has 0 aromatic heterocycles. The summed E-state index contributed by atoms with van der Waals surface area (Å²) in [5.41, 5.74) is 5.47. The fourth-order valence-electron chi connectivity index (χ4n) is 1.80. The fourth-order valence-corrected chi connectivity index (χ4v) is 1.80. The summed E-state index contributed by atoms with van der Waals surface area (Å²) in [4.78, 5) is 0. The van der Waals surface area contributed by atoms with Crippen LogP contribution in [0.1, 0.15) is 65.7 Å². The zero-order valence-corrected chi connectivity index (χ0v) is 10.8. The molecule has 2 atom stereocenters. The van der Waals surface area contributed by atoms with Crippen LogP contribution in [-0.2, 0) is 4.74 Å². The van der Waals surface area contributed by atoms with Crippen molar-refractivity contribution in [2.45, 2.75) is 77.9 Å². The smallest absolute Gasteiger partial charge is 0.0551 e. The Morgan fingerprint density at radius 3 is 2.07 bits per heavy atom. The maximum absolute atomic E-state index is 5.88. The van der Waals surface area contributed by atoms with Crippen molar-refractivity contribution in [2.75, 3.05) is 6.54 Å². The van der Waals surface area contributed by atoms with Crippen LogP contribution in [0.3, 0.4) is 0 Å². The van der Waals surface area contributed by atoms with E-state index < -0.39 is 0 Å². The van der Waals surface area contributed by atoms with E-state index in [4.69, 9.17) is 10.5 Å². The standard InChI is InChI=1S/C13H29NO/c1-4-5-6-7-9-12(2)15-13(3)10-8-11-14/h12-13H,4-11,14H2,1-3H3. The van der Waals surface area contributed by atoms with Crippen LogP contribution in [0.5, 0.6) is 0 Å². The summed E-state index contributed by atoms with van der Waals surface area (Å²) in [7, 11) is 0. The minimum atomic E-state index is 0.370. The van der Waals surface area contributed by atoms with Crippen molar-refractivity contribution < 1.29 is 4.74 Å². The maximum Gasteiger partial charge on any atom is 0.0551 e. The molecule has 0 aliphatic carbocycles. The molecular weight excluding hydrogens is 186 g/mol. The highest BCUT2D eigenvalue weighted by atomic mass is 16.5. The van der Waals surface area contributed by atoms with Gasteiger partial charge in [0.05, 0.1) is 12.2 Å². The van der Waals surface area contributed by atoms with Gasteiger partial charge in [0, 0.05) is 0 Å². The molecule has 0 saturated heterocycles. The molecule has 0 aliphatic heterocycles. The van der Waals surface area contributed by atoms with Crippen LogP contribution >= 0.6 is 0 Å². The molecule has 0 amide bonds. The van der Waals surface area contributed by atoms with Gasteiger partial charge in [0.1, 0.15) is 0 Å². The molecule has 0 fully saturated rings. The number of hydrogen-bond acceptors (Lipinski definition) is 2. The molecule has 0 radical (unpaired) electrons. The summed E-state index contributed by atoms with van der Waals surface area (Å²) in [6.07, 6.45) is 9.47. The third kappa shape index (κ3) is 10.2. The lowest BCUT2D eigenvalue weighted by Gasteiger charge is -2.18. The second-order valence-electron chi connectivity index (χ2n) is 4.54. The Bertz CT molecular complexity index is 128. The highest BCUT2D eigenvalue weighted by Gasteiger charge is 2.07. The maximum atomic E-state index is 5.88. The summed E-state index contributed by atoms with van der Waals surface area (Å²) < 4.78 is 5.88. The molecular formula is C13H29NO. The van der Waals surface area contributed by atoms with Crippen molar-refractivity contribution in [3.05, 3.63) is 0 Å². The zero-order valence-electron chi connectivity index (χ0n) is 10.8. The van der Waals surface area contributed by atoms with Crippen molar-refractivity contribution in [2.24, 2.45) is 5.73 Å². The van der Waals surface area contributed by atoms with Crippen LogP contribution < -0.4 is 5.73 Å². The minimum absolute atomic E-state index is 0.370. The number of unbranched alkanes of at least 4 members (excludes halogenated alkanes) is 3. The topological polar surface area (TPSA) is 35.2 Å². The van der Waals surface area contributed by atoms with Gasteiger partial charge < -0.3 is 10.5 Å². The molecule has 2 N–H and O–H groups in total. The molecule has 0 spiro atoms. The highest BCUT2D eigenvalue weighted by Crippen LogP contribution is 2.11. The lowest BCUT2D eigenvalue weighted by Crippen LogP contribution is -2.18. The van der Waals surface area contributed by atoms with E-state index in [0.29, 0.717) is 12.2 Å². The highest BCUT2D eigenvalue weighted by molar-refractivity contribution is 4.57. The van der Waals surface area contributed by atoms with E-state index >= 15 is 0 Å². The predicted molar refractivity (Wildman–Crippen MR) is 67.1 cm³/mol. The van der Waals surface area contributed by atoms with Crippen molar-refractivity contribution in [3.8, 4) is 0 Å². The van der Waals surface area contributed by atoms with E-state index in [9.17, 15) is 0 Å². The van der Waals surface area contributed by atoms with Crippen LogP contribution in [-0.4, -0.2) is 18.8 Å². The largest absolute Gasteiger partial charge is 0.376 e. The van der Waals surface area contributed by atoms with Gasteiger partial charge in [-0.3, -0.25) is 0 Å². The second-order valence-corrected chi connectivity index (χ2v) is 4.54. The van der Waals surface area contributed by atoms with Gasteiger partial charge in [-0.2, -0.15) is 0 Å². The molecule has 0 heterocycles. The quantitative estimate of drug-likeness (QED) is 0.566. The first-order valence-electron chi connectivity index (χ1n) is 6.56. The Hall–Kier alpha value is -0.0800. The van der Waals surface area contributed by atoms with Crippen molar-refractivity contribution in [1.29, 1.82) is 0 Å². The molecule has 0 saturated carbocycles. The molecule has 92 valence electrons. The van der Waals surface area contributed by atoms with Crippen LogP contribution in [0.25, 0.3) is 0 Å². The van der Waals surface area contributed by atoms with Gasteiger partial charge in [-0.25, -0.2) is 0 Å². The van der Waals surface area contributed by atoms with E-state index in [2.05, 4.69) is 20.8 Å². The van der Waals surface area contributed by atoms with E-state index in [1.165, 1.54) is 32.1 Å². The summed E-state index contributed by atoms with van der Waals surface area (Å²) in [6, 6.07) is 0. The first-order chi connectivity index (χ1) is 7.20. The lowest BCUT2D eigenvalue weighted by atomic mass is 10.1. The molecule has 0 aromatic rings. The van der Waals surface area contributed by atoms with Crippen LogP contribution in [0, 0.1) is 0 Å². The SMILES string of the molecule is CCCCCCC(C)OC(C)CCCN. The molecule has 0 rings (SSSR count). The molecule has 2 unspecified atom stereocenters. The number of nitrogens with two attached hydrogens (primary N) is 1. The van der Waals surface area contributed by atoms with E-state index in [0.717, 1.165) is 19.4 Å². The van der Waals surface area contributed by atoms with Gasteiger partial charge in [0.2, 0.25) is 0 Å². The van der Waals surface area contributed by atoms with Crippen molar-refractivity contribution in [1.82, 2.24) is 0 Å². The third-order valence-electron chi connectivity index (χ3n) is 2.74. The Morgan fingerprint density at radius 2 is 1.53 bits per heavy atom. The van der Waals surface area contributed by atoms with Crippen LogP contribution in [0.2, 0.25) is 0 Å². The average molecular weight is 215 g/mol. The van der Waals surface area contributed by atoms with Gasteiger partial charge in [-0.15, -0.1) is 0 Å². The summed E-state index contributed by atoms with van der Waals surface area (Å²) in [5, 5.41) is 0. The third-order valence-corrected chi connectivity index (χ3v) is 2.74. The van der Waals surface area contributed by atoms with Gasteiger partial charge in [0.25, 0.3) is 0 Å². The molecule has 2 heteroatoms. The average Bonchev–Trinajstić information content (AvgIpc) is 2.21. The minimum Gasteiger partial charge on any atom is -0.376 e. The monoisotopic (exact) mass is 215 g/mol. The Balaban J connectivity index is 3.33. The molecule has 0 bridgehead atoms. The van der Waals surface area contributed by atoms with E-state index in [1.54, 1.807) is 0 Å². The fraction of sp³-hybridized carbons (Fsp3) is 1.00. The number of ether oxygens (including phenoxy) is 1. The van der Waals surface area contributed by atoms with Gasteiger partial charge in [-0.1, -0.05) is 32.6 Å². The number of rotatable bonds is 10. The van der Waals surface area contributed by atoms with Crippen molar-refractivity contribution in [3.63, 3.8) is 0 Å². The summed E-state index contributed by atoms with van der Waals surface area (Å²) in [5.74, 6) is 0. The molecule has 2 nitrogen and oxygen atoms in total.